The molecular formula is C11H13NO3. The van der Waals surface area contributed by atoms with Crippen molar-refractivity contribution < 1.29 is 14.4 Å². The van der Waals surface area contributed by atoms with E-state index in [9.17, 15) is 4.79 Å². The van der Waals surface area contributed by atoms with Crippen molar-refractivity contribution in [3.63, 3.8) is 0 Å². The fourth-order valence-corrected chi connectivity index (χ4v) is 1.70. The summed E-state index contributed by atoms with van der Waals surface area (Å²) in [4.78, 5) is 16.0. The SMILES string of the molecule is COc1ccc([C@H]2CC(=O)ON2C)cc1. The predicted molar refractivity (Wildman–Crippen MR) is 54.2 cm³/mol. The van der Waals surface area contributed by atoms with E-state index in [1.54, 1.807) is 19.2 Å². The van der Waals surface area contributed by atoms with Crippen molar-refractivity contribution in [2.45, 2.75) is 12.5 Å². The number of ether oxygens (including phenoxy) is 1. The van der Waals surface area contributed by atoms with Crippen LogP contribution in [0.2, 0.25) is 0 Å². The number of hydrogen-bond acceptors (Lipinski definition) is 4. The molecule has 4 nitrogen and oxygen atoms in total. The van der Waals surface area contributed by atoms with Crippen LogP contribution < -0.4 is 4.74 Å². The van der Waals surface area contributed by atoms with Crippen LogP contribution >= 0.6 is 0 Å². The van der Waals surface area contributed by atoms with Crippen LogP contribution in [0.15, 0.2) is 24.3 Å². The Labute approximate surface area is 88.4 Å². The summed E-state index contributed by atoms with van der Waals surface area (Å²) in [7, 11) is 3.39. The molecule has 1 saturated heterocycles. The van der Waals surface area contributed by atoms with E-state index in [4.69, 9.17) is 9.57 Å². The van der Waals surface area contributed by atoms with Gasteiger partial charge in [-0.2, -0.15) is 0 Å². The lowest BCUT2D eigenvalue weighted by atomic mass is 10.0. The van der Waals surface area contributed by atoms with Gasteiger partial charge in [-0.1, -0.05) is 12.1 Å². The Morgan fingerprint density at radius 3 is 2.53 bits per heavy atom. The van der Waals surface area contributed by atoms with Crippen LogP contribution in [0.4, 0.5) is 0 Å². The molecule has 0 aliphatic carbocycles. The van der Waals surface area contributed by atoms with Gasteiger partial charge in [-0.15, -0.1) is 5.06 Å². The fourth-order valence-electron chi connectivity index (χ4n) is 1.70. The van der Waals surface area contributed by atoms with E-state index in [0.717, 1.165) is 11.3 Å². The van der Waals surface area contributed by atoms with Crippen molar-refractivity contribution in [1.82, 2.24) is 5.06 Å². The lowest BCUT2D eigenvalue weighted by Crippen LogP contribution is -2.16. The van der Waals surface area contributed by atoms with E-state index in [2.05, 4.69) is 0 Å². The number of methoxy groups -OCH3 is 1. The van der Waals surface area contributed by atoms with E-state index < -0.39 is 0 Å². The molecule has 0 unspecified atom stereocenters. The Balaban J connectivity index is 2.19. The average Bonchev–Trinajstić information content (AvgIpc) is 2.58. The van der Waals surface area contributed by atoms with E-state index in [1.165, 1.54) is 0 Å². The minimum Gasteiger partial charge on any atom is -0.497 e. The van der Waals surface area contributed by atoms with Crippen molar-refractivity contribution in [3.8, 4) is 5.75 Å². The Morgan fingerprint density at radius 2 is 2.07 bits per heavy atom. The Kier molecular flexibility index (Phi) is 2.60. The smallest absolute Gasteiger partial charge is 0.327 e. The summed E-state index contributed by atoms with van der Waals surface area (Å²) in [6.07, 6.45) is 0.406. The highest BCUT2D eigenvalue weighted by atomic mass is 16.7. The zero-order chi connectivity index (χ0) is 10.8. The highest BCUT2D eigenvalue weighted by molar-refractivity contribution is 5.71. The van der Waals surface area contributed by atoms with Gasteiger partial charge in [-0.25, -0.2) is 0 Å². The molecule has 80 valence electrons. The van der Waals surface area contributed by atoms with Gasteiger partial charge in [0.1, 0.15) is 5.75 Å². The molecule has 1 aliphatic heterocycles. The topological polar surface area (TPSA) is 38.8 Å². The number of rotatable bonds is 2. The number of nitrogens with zero attached hydrogens (tertiary/aromatic N) is 1. The van der Waals surface area contributed by atoms with E-state index in [1.807, 2.05) is 24.3 Å². The van der Waals surface area contributed by atoms with Gasteiger partial charge in [0.2, 0.25) is 0 Å². The van der Waals surface area contributed by atoms with Crippen LogP contribution in [0.1, 0.15) is 18.0 Å². The molecule has 1 aromatic rings. The maximum absolute atomic E-state index is 11.1. The minimum atomic E-state index is -0.182. The van der Waals surface area contributed by atoms with Gasteiger partial charge in [-0.05, 0) is 17.7 Å². The Morgan fingerprint density at radius 1 is 1.40 bits per heavy atom. The second-order valence-electron chi connectivity index (χ2n) is 3.50. The molecule has 0 radical (unpaired) electrons. The van der Waals surface area contributed by atoms with Crippen LogP contribution in [0.25, 0.3) is 0 Å². The van der Waals surface area contributed by atoms with Crippen molar-refractivity contribution in [2.75, 3.05) is 14.2 Å². The van der Waals surface area contributed by atoms with Crippen molar-refractivity contribution in [2.24, 2.45) is 0 Å². The van der Waals surface area contributed by atoms with Gasteiger partial charge in [0, 0.05) is 7.05 Å². The van der Waals surface area contributed by atoms with Crippen molar-refractivity contribution >= 4 is 5.97 Å². The van der Waals surface area contributed by atoms with Gasteiger partial charge in [-0.3, -0.25) is 4.79 Å². The summed E-state index contributed by atoms with van der Waals surface area (Å²) >= 11 is 0. The minimum absolute atomic E-state index is 0.0170. The van der Waals surface area contributed by atoms with Gasteiger partial charge >= 0.3 is 5.97 Å². The molecule has 1 atom stereocenters. The summed E-state index contributed by atoms with van der Waals surface area (Å²) in [6, 6.07) is 7.67. The van der Waals surface area contributed by atoms with E-state index in [0.29, 0.717) is 6.42 Å². The lowest BCUT2D eigenvalue weighted by molar-refractivity contribution is -0.169. The van der Waals surface area contributed by atoms with Crippen LogP contribution in [-0.4, -0.2) is 25.2 Å². The molecule has 0 spiro atoms. The zero-order valence-corrected chi connectivity index (χ0v) is 8.77. The van der Waals surface area contributed by atoms with Crippen LogP contribution in [0.5, 0.6) is 5.75 Å². The number of hydrogen-bond donors (Lipinski definition) is 0. The monoisotopic (exact) mass is 207 g/mol. The summed E-state index contributed by atoms with van der Waals surface area (Å²) in [5.41, 5.74) is 1.06. The third-order valence-electron chi connectivity index (χ3n) is 2.55. The first-order chi connectivity index (χ1) is 7.20. The fraction of sp³-hybridized carbons (Fsp3) is 0.364. The molecule has 1 heterocycles. The van der Waals surface area contributed by atoms with Crippen LogP contribution in [0.3, 0.4) is 0 Å². The van der Waals surface area contributed by atoms with E-state index >= 15 is 0 Å². The maximum Gasteiger partial charge on any atom is 0.327 e. The number of carbonyl (C=O) groups is 1. The number of hydroxylamine groups is 2. The third kappa shape index (κ3) is 1.94. The van der Waals surface area contributed by atoms with Gasteiger partial charge < -0.3 is 9.57 Å². The van der Waals surface area contributed by atoms with Crippen molar-refractivity contribution in [1.29, 1.82) is 0 Å². The first-order valence-electron chi connectivity index (χ1n) is 4.78. The largest absolute Gasteiger partial charge is 0.497 e. The molecule has 2 rings (SSSR count). The second-order valence-corrected chi connectivity index (χ2v) is 3.50. The lowest BCUT2D eigenvalue weighted by Gasteiger charge is -2.16. The zero-order valence-electron chi connectivity index (χ0n) is 8.77. The highest BCUT2D eigenvalue weighted by Crippen LogP contribution is 2.30. The first-order valence-corrected chi connectivity index (χ1v) is 4.78. The number of carbonyl (C=O) groups excluding carboxylic acids is 1. The van der Waals surface area contributed by atoms with Crippen LogP contribution in [0, 0.1) is 0 Å². The van der Waals surface area contributed by atoms with Crippen LogP contribution in [-0.2, 0) is 9.63 Å². The Bertz CT molecular complexity index is 361. The predicted octanol–water partition coefficient (Wildman–Crippen LogP) is 1.53. The van der Waals surface area contributed by atoms with Crippen molar-refractivity contribution in [3.05, 3.63) is 29.8 Å². The molecule has 15 heavy (non-hydrogen) atoms. The maximum atomic E-state index is 11.1. The first kappa shape index (κ1) is 9.98. The van der Waals surface area contributed by atoms with Gasteiger partial charge in [0.25, 0.3) is 0 Å². The van der Waals surface area contributed by atoms with E-state index in [-0.39, 0.29) is 12.0 Å². The summed E-state index contributed by atoms with van der Waals surface area (Å²) in [5.74, 6) is 0.630. The highest BCUT2D eigenvalue weighted by Gasteiger charge is 2.30. The summed E-state index contributed by atoms with van der Waals surface area (Å²) in [5, 5.41) is 1.59. The molecule has 0 aromatic heterocycles. The third-order valence-corrected chi connectivity index (χ3v) is 2.55. The summed E-state index contributed by atoms with van der Waals surface area (Å²) < 4.78 is 5.07. The quantitative estimate of drug-likeness (QED) is 0.737. The standard InChI is InChI=1S/C11H13NO3/c1-12-10(7-11(13)15-12)8-3-5-9(14-2)6-4-8/h3-6,10H,7H2,1-2H3/t10-/m1/s1. The molecule has 1 aliphatic rings. The van der Waals surface area contributed by atoms with Gasteiger partial charge in [0.15, 0.2) is 0 Å². The Hall–Kier alpha value is -1.55. The molecular weight excluding hydrogens is 194 g/mol. The molecule has 0 bridgehead atoms. The second kappa shape index (κ2) is 3.90. The molecule has 4 heteroatoms. The molecule has 0 amide bonds. The molecule has 0 saturated carbocycles. The molecule has 1 aromatic carbocycles. The molecule has 1 fully saturated rings. The number of benzene rings is 1. The normalized spacial score (nSPS) is 21.5. The van der Waals surface area contributed by atoms with Gasteiger partial charge in [0.05, 0.1) is 19.6 Å². The average molecular weight is 207 g/mol. The summed E-state index contributed by atoms with van der Waals surface area (Å²) in [6.45, 7) is 0. The molecule has 0 N–H and O–H groups in total.